The van der Waals surface area contributed by atoms with E-state index in [9.17, 15) is 14.0 Å². The molecule has 1 fully saturated rings. The third-order valence-corrected chi connectivity index (χ3v) is 3.91. The molecule has 0 saturated carbocycles. The molecule has 5 nitrogen and oxygen atoms in total. The molecule has 23 heavy (non-hydrogen) atoms. The van der Waals surface area contributed by atoms with Crippen LogP contribution in [0.5, 0.6) is 0 Å². The van der Waals surface area contributed by atoms with Crippen LogP contribution in [0, 0.1) is 5.82 Å². The lowest BCUT2D eigenvalue weighted by Gasteiger charge is -2.35. The number of rotatable bonds is 3. The van der Waals surface area contributed by atoms with Gasteiger partial charge in [0.2, 0.25) is 0 Å². The van der Waals surface area contributed by atoms with Gasteiger partial charge in [0, 0.05) is 12.2 Å². The lowest BCUT2D eigenvalue weighted by atomic mass is 9.96. The molecule has 6 heteroatoms. The van der Waals surface area contributed by atoms with Gasteiger partial charge in [0.15, 0.2) is 0 Å². The summed E-state index contributed by atoms with van der Waals surface area (Å²) in [7, 11) is 0. The number of nitrogens with zero attached hydrogens (tertiary/aromatic N) is 1. The summed E-state index contributed by atoms with van der Waals surface area (Å²) in [6.07, 6.45) is 2.14. The van der Waals surface area contributed by atoms with Gasteiger partial charge < -0.3 is 14.4 Å². The van der Waals surface area contributed by atoms with Crippen LogP contribution in [0.15, 0.2) is 30.0 Å². The van der Waals surface area contributed by atoms with Gasteiger partial charge in [0.05, 0.1) is 30.5 Å². The largest absolute Gasteiger partial charge is 0.461 e. The highest BCUT2D eigenvalue weighted by molar-refractivity contribution is 6.07. The number of carbonyl (C=O) groups excluding carboxylic acids is 2. The molecule has 120 valence electrons. The van der Waals surface area contributed by atoms with E-state index >= 15 is 0 Å². The summed E-state index contributed by atoms with van der Waals surface area (Å²) in [5.41, 5.74) is 1.39. The van der Waals surface area contributed by atoms with Crippen LogP contribution in [0.25, 0.3) is 5.57 Å². The fourth-order valence-corrected chi connectivity index (χ4v) is 2.91. The van der Waals surface area contributed by atoms with Crippen molar-refractivity contribution in [2.75, 3.05) is 24.7 Å². The number of hydrogen-bond acceptors (Lipinski definition) is 5. The molecule has 3 rings (SSSR count). The third kappa shape index (κ3) is 2.79. The molecule has 2 aliphatic heterocycles. The highest BCUT2D eigenvalue weighted by Gasteiger charge is 2.35. The van der Waals surface area contributed by atoms with Gasteiger partial charge in [-0.3, -0.25) is 0 Å². The van der Waals surface area contributed by atoms with Crippen molar-refractivity contribution in [3.63, 3.8) is 0 Å². The van der Waals surface area contributed by atoms with E-state index in [1.807, 2.05) is 0 Å². The summed E-state index contributed by atoms with van der Waals surface area (Å²) in [6.45, 7) is 2.98. The van der Waals surface area contributed by atoms with Crippen LogP contribution >= 0.6 is 0 Å². The van der Waals surface area contributed by atoms with Gasteiger partial charge >= 0.3 is 5.97 Å². The predicted octanol–water partition coefficient (Wildman–Crippen LogP) is 2.10. The summed E-state index contributed by atoms with van der Waals surface area (Å²) in [4.78, 5) is 25.4. The average Bonchev–Trinajstić information content (AvgIpc) is 3.07. The highest BCUT2D eigenvalue weighted by atomic mass is 19.1. The molecule has 1 saturated heterocycles. The Hall–Kier alpha value is -2.43. The summed E-state index contributed by atoms with van der Waals surface area (Å²) in [5.74, 6) is 0.806. The standard InChI is InChI=1S/C17H16FNO4/c1-2-23-17(21)16-7-11(9-20)14-8-12(18)3-4-15(14)19(16)13-5-6-22-10-13/h3-4,7-8,13H,2,5-6,10H2,1H3. The Balaban J connectivity index is 2.14. The van der Waals surface area contributed by atoms with Crippen molar-refractivity contribution in [2.45, 2.75) is 19.4 Å². The van der Waals surface area contributed by atoms with E-state index in [4.69, 9.17) is 9.47 Å². The van der Waals surface area contributed by atoms with Crippen molar-refractivity contribution in [1.29, 1.82) is 0 Å². The topological polar surface area (TPSA) is 55.8 Å². The van der Waals surface area contributed by atoms with Gasteiger partial charge in [-0.2, -0.15) is 0 Å². The van der Waals surface area contributed by atoms with Crippen LogP contribution in [0.1, 0.15) is 18.9 Å². The number of fused-ring (bicyclic) bond motifs is 1. The second-order valence-electron chi connectivity index (χ2n) is 5.31. The maximum Gasteiger partial charge on any atom is 0.355 e. The van der Waals surface area contributed by atoms with Crippen molar-refractivity contribution < 1.29 is 23.5 Å². The third-order valence-electron chi connectivity index (χ3n) is 3.91. The lowest BCUT2D eigenvalue weighted by molar-refractivity contribution is -0.138. The molecule has 2 heterocycles. The van der Waals surface area contributed by atoms with E-state index in [0.29, 0.717) is 24.5 Å². The number of hydrogen-bond donors (Lipinski definition) is 0. The number of allylic oxidation sites excluding steroid dienone is 2. The van der Waals surface area contributed by atoms with Gasteiger partial charge in [0.1, 0.15) is 17.5 Å². The molecule has 0 amide bonds. The first-order valence-electron chi connectivity index (χ1n) is 7.46. The van der Waals surface area contributed by atoms with Crippen LogP contribution < -0.4 is 4.90 Å². The maximum atomic E-state index is 13.6. The van der Waals surface area contributed by atoms with E-state index in [1.165, 1.54) is 18.2 Å². The van der Waals surface area contributed by atoms with Crippen LogP contribution in [0.4, 0.5) is 10.1 Å². The Morgan fingerprint density at radius 2 is 2.35 bits per heavy atom. The minimum Gasteiger partial charge on any atom is -0.461 e. The first-order chi connectivity index (χ1) is 11.2. The Morgan fingerprint density at radius 1 is 1.52 bits per heavy atom. The molecule has 1 atom stereocenters. The molecular weight excluding hydrogens is 301 g/mol. The fourth-order valence-electron chi connectivity index (χ4n) is 2.91. The van der Waals surface area contributed by atoms with Gasteiger partial charge in [0.25, 0.3) is 0 Å². The number of anilines is 1. The monoisotopic (exact) mass is 317 g/mol. The van der Waals surface area contributed by atoms with E-state index < -0.39 is 11.8 Å². The van der Waals surface area contributed by atoms with Crippen LogP contribution in [-0.2, 0) is 19.1 Å². The second kappa shape index (κ2) is 6.36. The Kier molecular flexibility index (Phi) is 4.28. The Bertz CT molecular complexity index is 715. The minimum absolute atomic E-state index is 0.0666. The van der Waals surface area contributed by atoms with Crippen LogP contribution in [0.2, 0.25) is 0 Å². The van der Waals surface area contributed by atoms with Gasteiger partial charge in [-0.1, -0.05) is 0 Å². The smallest absolute Gasteiger partial charge is 0.355 e. The van der Waals surface area contributed by atoms with Crippen molar-refractivity contribution in [2.24, 2.45) is 0 Å². The molecule has 1 aromatic rings. The average molecular weight is 317 g/mol. The zero-order valence-electron chi connectivity index (χ0n) is 12.7. The second-order valence-corrected chi connectivity index (χ2v) is 5.31. The Labute approximate surface area is 133 Å². The highest BCUT2D eigenvalue weighted by Crippen LogP contribution is 2.38. The number of ether oxygens (including phenoxy) is 2. The Morgan fingerprint density at radius 3 is 3.00 bits per heavy atom. The minimum atomic E-state index is -0.526. The van der Waals surface area contributed by atoms with Crippen molar-refractivity contribution in [3.05, 3.63) is 41.4 Å². The van der Waals surface area contributed by atoms with E-state index in [-0.39, 0.29) is 23.9 Å². The number of benzene rings is 1. The SMILES string of the molecule is CCOC(=O)C1=CC(=C=O)c2cc(F)ccc2N1C1CCOC1. The maximum absolute atomic E-state index is 13.6. The van der Waals surface area contributed by atoms with E-state index in [2.05, 4.69) is 0 Å². The van der Waals surface area contributed by atoms with Crippen molar-refractivity contribution in [3.8, 4) is 0 Å². The molecule has 0 aliphatic carbocycles. The fraction of sp³-hybridized carbons (Fsp3) is 0.353. The van der Waals surface area contributed by atoms with Crippen LogP contribution in [0.3, 0.4) is 0 Å². The van der Waals surface area contributed by atoms with Crippen molar-refractivity contribution in [1.82, 2.24) is 0 Å². The van der Waals surface area contributed by atoms with Gasteiger partial charge in [-0.15, -0.1) is 0 Å². The molecule has 0 bridgehead atoms. The van der Waals surface area contributed by atoms with Gasteiger partial charge in [-0.05, 0) is 37.6 Å². The zero-order valence-corrected chi connectivity index (χ0v) is 12.7. The quantitative estimate of drug-likeness (QED) is 0.631. The molecule has 0 spiro atoms. The van der Waals surface area contributed by atoms with Crippen molar-refractivity contribution >= 4 is 23.2 Å². The summed E-state index contributed by atoms with van der Waals surface area (Å²) in [5, 5.41) is 0. The summed E-state index contributed by atoms with van der Waals surface area (Å²) in [6, 6.07) is 4.07. The molecule has 0 N–H and O–H groups in total. The summed E-state index contributed by atoms with van der Waals surface area (Å²) >= 11 is 0. The first-order valence-corrected chi connectivity index (χ1v) is 7.46. The molecule has 0 aromatic heterocycles. The molecule has 1 unspecified atom stereocenters. The normalized spacial score (nSPS) is 19.9. The van der Waals surface area contributed by atoms with E-state index in [1.54, 1.807) is 23.8 Å². The zero-order chi connectivity index (χ0) is 16.4. The number of esters is 1. The number of halogens is 1. The summed E-state index contributed by atoms with van der Waals surface area (Å²) < 4.78 is 24.1. The predicted molar refractivity (Wildman–Crippen MR) is 81.9 cm³/mol. The van der Waals surface area contributed by atoms with E-state index in [0.717, 1.165) is 6.42 Å². The van der Waals surface area contributed by atoms with Gasteiger partial charge in [-0.25, -0.2) is 14.0 Å². The molecule has 0 radical (unpaired) electrons. The molecular formula is C17H16FNO4. The molecule has 2 aliphatic rings. The number of carbonyl (C=O) groups is 1. The van der Waals surface area contributed by atoms with Crippen LogP contribution in [-0.4, -0.2) is 37.8 Å². The lowest BCUT2D eigenvalue weighted by Crippen LogP contribution is -2.40. The first kappa shape index (κ1) is 15.5. The molecule has 1 aromatic carbocycles.